The Morgan fingerprint density at radius 1 is 0.958 bits per heavy atom. The van der Waals surface area contributed by atoms with Crippen LogP contribution in [0.2, 0.25) is 20.1 Å². The van der Waals surface area contributed by atoms with Gasteiger partial charge in [0.1, 0.15) is 0 Å². The van der Waals surface area contributed by atoms with Gasteiger partial charge in [0.15, 0.2) is 0 Å². The molecule has 0 aromatic heterocycles. The molecule has 0 aliphatic carbocycles. The monoisotopic (exact) mass is 403 g/mol. The van der Waals surface area contributed by atoms with E-state index >= 15 is 0 Å². The van der Waals surface area contributed by atoms with Gasteiger partial charge in [-0.1, -0.05) is 58.5 Å². The van der Waals surface area contributed by atoms with Crippen molar-refractivity contribution in [2.45, 2.75) is 0 Å². The molecule has 0 atom stereocenters. The second-order valence-electron chi connectivity index (χ2n) is 4.42. The van der Waals surface area contributed by atoms with Crippen LogP contribution in [0, 0.1) is 0 Å². The molecule has 0 saturated carbocycles. The van der Waals surface area contributed by atoms with E-state index in [1.54, 1.807) is 24.3 Å². The van der Waals surface area contributed by atoms with Crippen LogP contribution in [0.4, 0.5) is 5.69 Å². The maximum absolute atomic E-state index is 11.8. The highest BCUT2D eigenvalue weighted by atomic mass is 35.5. The molecule has 0 bridgehead atoms. The Bertz CT molecular complexity index is 824. The standard InChI is InChI=1S/C15H9Cl4N3O2/c16-9-5-4-8(11(18)6-9)7-20-22-15(24)14(23)21-12-3-1-2-10(17)13(12)19/h1-7H,(H,21,23)(H,22,24)/b20-7+. The Kier molecular flexibility index (Phi) is 6.45. The van der Waals surface area contributed by atoms with Crippen molar-refractivity contribution in [1.29, 1.82) is 0 Å². The minimum Gasteiger partial charge on any atom is -0.316 e. The molecule has 0 aliphatic heterocycles. The van der Waals surface area contributed by atoms with Crippen LogP contribution in [0.15, 0.2) is 41.5 Å². The fourth-order valence-corrected chi connectivity index (χ4v) is 2.40. The molecule has 2 N–H and O–H groups in total. The lowest BCUT2D eigenvalue weighted by Gasteiger charge is -2.06. The zero-order valence-electron chi connectivity index (χ0n) is 11.8. The number of benzene rings is 2. The molecule has 2 aromatic rings. The molecule has 124 valence electrons. The number of halogens is 4. The van der Waals surface area contributed by atoms with E-state index in [2.05, 4.69) is 15.8 Å². The van der Waals surface area contributed by atoms with Crippen molar-refractivity contribution < 1.29 is 9.59 Å². The van der Waals surface area contributed by atoms with Gasteiger partial charge < -0.3 is 5.32 Å². The van der Waals surface area contributed by atoms with E-state index in [0.29, 0.717) is 15.6 Å². The van der Waals surface area contributed by atoms with Crippen molar-refractivity contribution in [3.8, 4) is 0 Å². The van der Waals surface area contributed by atoms with E-state index in [0.717, 1.165) is 0 Å². The minimum absolute atomic E-state index is 0.136. The van der Waals surface area contributed by atoms with Crippen molar-refractivity contribution in [2.24, 2.45) is 5.10 Å². The number of rotatable bonds is 3. The van der Waals surface area contributed by atoms with E-state index in [-0.39, 0.29) is 15.7 Å². The first-order chi connectivity index (χ1) is 11.4. The molecular weight excluding hydrogens is 396 g/mol. The van der Waals surface area contributed by atoms with Crippen LogP contribution < -0.4 is 10.7 Å². The predicted molar refractivity (Wildman–Crippen MR) is 97.3 cm³/mol. The minimum atomic E-state index is -0.979. The number of hydrogen-bond donors (Lipinski definition) is 2. The number of amides is 2. The number of hydrazone groups is 1. The van der Waals surface area contributed by atoms with Gasteiger partial charge >= 0.3 is 11.8 Å². The highest BCUT2D eigenvalue weighted by Gasteiger charge is 2.15. The number of carbonyl (C=O) groups is 2. The van der Waals surface area contributed by atoms with Crippen LogP contribution in [-0.2, 0) is 9.59 Å². The molecule has 0 fully saturated rings. The molecule has 0 saturated heterocycles. The summed E-state index contributed by atoms with van der Waals surface area (Å²) in [5, 5.41) is 7.22. The lowest BCUT2D eigenvalue weighted by molar-refractivity contribution is -0.136. The van der Waals surface area contributed by atoms with Crippen LogP contribution in [0.25, 0.3) is 0 Å². The average molecular weight is 405 g/mol. The lowest BCUT2D eigenvalue weighted by atomic mass is 10.2. The Morgan fingerprint density at radius 2 is 1.71 bits per heavy atom. The summed E-state index contributed by atoms with van der Waals surface area (Å²) in [6.07, 6.45) is 1.29. The summed E-state index contributed by atoms with van der Waals surface area (Å²) < 4.78 is 0. The van der Waals surface area contributed by atoms with E-state index < -0.39 is 11.8 Å². The Labute approximate surface area is 157 Å². The second kappa shape index (κ2) is 8.35. The van der Waals surface area contributed by atoms with Crippen LogP contribution in [-0.4, -0.2) is 18.0 Å². The SMILES string of the molecule is O=C(N/N=C/c1ccc(Cl)cc1Cl)C(=O)Nc1cccc(Cl)c1Cl. The van der Waals surface area contributed by atoms with Crippen molar-refractivity contribution in [2.75, 3.05) is 5.32 Å². The number of hydrogen-bond acceptors (Lipinski definition) is 3. The van der Waals surface area contributed by atoms with Crippen molar-refractivity contribution in [3.05, 3.63) is 62.1 Å². The molecule has 0 spiro atoms. The van der Waals surface area contributed by atoms with Crippen molar-refractivity contribution >= 4 is 70.1 Å². The third-order valence-electron chi connectivity index (χ3n) is 2.74. The third kappa shape index (κ3) is 4.85. The van der Waals surface area contributed by atoms with Gasteiger partial charge in [-0.05, 0) is 24.3 Å². The van der Waals surface area contributed by atoms with Crippen molar-refractivity contribution in [1.82, 2.24) is 5.43 Å². The van der Waals surface area contributed by atoms with Gasteiger partial charge in [0.05, 0.1) is 27.0 Å². The zero-order valence-corrected chi connectivity index (χ0v) is 14.8. The Morgan fingerprint density at radius 3 is 2.42 bits per heavy atom. The topological polar surface area (TPSA) is 70.6 Å². The summed E-state index contributed by atoms with van der Waals surface area (Å²) in [7, 11) is 0. The summed E-state index contributed by atoms with van der Waals surface area (Å²) in [6.45, 7) is 0. The highest BCUT2D eigenvalue weighted by molar-refractivity contribution is 6.45. The normalized spacial score (nSPS) is 10.7. The number of nitrogens with zero attached hydrogens (tertiary/aromatic N) is 1. The largest absolute Gasteiger partial charge is 0.329 e. The number of nitrogens with one attached hydrogen (secondary N) is 2. The van der Waals surface area contributed by atoms with Crippen molar-refractivity contribution in [3.63, 3.8) is 0 Å². The van der Waals surface area contributed by atoms with Crippen LogP contribution in [0.1, 0.15) is 5.56 Å². The smallest absolute Gasteiger partial charge is 0.316 e. The molecule has 9 heteroatoms. The molecule has 0 unspecified atom stereocenters. The fourth-order valence-electron chi connectivity index (χ4n) is 1.60. The van der Waals surface area contributed by atoms with E-state index in [9.17, 15) is 9.59 Å². The van der Waals surface area contributed by atoms with Gasteiger partial charge in [0, 0.05) is 10.6 Å². The summed E-state index contributed by atoms with van der Waals surface area (Å²) in [5.41, 5.74) is 2.82. The molecule has 2 amide bonds. The molecule has 2 aromatic carbocycles. The molecule has 2 rings (SSSR count). The van der Waals surface area contributed by atoms with Gasteiger partial charge in [0.25, 0.3) is 0 Å². The predicted octanol–water partition coefficient (Wildman–Crippen LogP) is 4.39. The quantitative estimate of drug-likeness (QED) is 0.452. The number of anilines is 1. The Hall–Kier alpha value is -1.79. The molecule has 0 radical (unpaired) electrons. The lowest BCUT2D eigenvalue weighted by Crippen LogP contribution is -2.32. The molecule has 24 heavy (non-hydrogen) atoms. The van der Waals surface area contributed by atoms with Gasteiger partial charge in [-0.25, -0.2) is 5.43 Å². The third-order valence-corrected chi connectivity index (χ3v) is 4.12. The first kappa shape index (κ1) is 18.5. The van der Waals surface area contributed by atoms with E-state index in [4.69, 9.17) is 46.4 Å². The van der Waals surface area contributed by atoms with Crippen LogP contribution >= 0.6 is 46.4 Å². The maximum atomic E-state index is 11.8. The van der Waals surface area contributed by atoms with Gasteiger partial charge in [-0.3, -0.25) is 9.59 Å². The summed E-state index contributed by atoms with van der Waals surface area (Å²) in [4.78, 5) is 23.5. The first-order valence-corrected chi connectivity index (χ1v) is 7.93. The zero-order chi connectivity index (χ0) is 17.7. The second-order valence-corrected chi connectivity index (χ2v) is 6.05. The van der Waals surface area contributed by atoms with Gasteiger partial charge in [0.2, 0.25) is 0 Å². The van der Waals surface area contributed by atoms with Crippen LogP contribution in [0.3, 0.4) is 0 Å². The first-order valence-electron chi connectivity index (χ1n) is 6.42. The molecule has 0 heterocycles. The van der Waals surface area contributed by atoms with Gasteiger partial charge in [-0.2, -0.15) is 5.10 Å². The van der Waals surface area contributed by atoms with E-state index in [1.807, 2.05) is 0 Å². The summed E-state index contributed by atoms with van der Waals surface area (Å²) in [6, 6.07) is 9.41. The summed E-state index contributed by atoms with van der Waals surface area (Å²) in [5.74, 6) is -1.93. The van der Waals surface area contributed by atoms with Crippen LogP contribution in [0.5, 0.6) is 0 Å². The van der Waals surface area contributed by atoms with Gasteiger partial charge in [-0.15, -0.1) is 0 Å². The summed E-state index contributed by atoms with van der Waals surface area (Å²) >= 11 is 23.5. The van der Waals surface area contributed by atoms with E-state index in [1.165, 1.54) is 18.3 Å². The highest BCUT2D eigenvalue weighted by Crippen LogP contribution is 2.29. The maximum Gasteiger partial charge on any atom is 0.329 e. The molecular formula is C15H9Cl4N3O2. The Balaban J connectivity index is 1.98. The molecule has 5 nitrogen and oxygen atoms in total. The average Bonchev–Trinajstić information content (AvgIpc) is 2.53. The number of carbonyl (C=O) groups excluding carboxylic acids is 2. The fraction of sp³-hybridized carbons (Fsp3) is 0. The molecule has 0 aliphatic rings.